The highest BCUT2D eigenvalue weighted by Gasteiger charge is 2.31. The number of carbonyl (C=O) groups excluding carboxylic acids is 1. The molecule has 0 aliphatic heterocycles. The van der Waals surface area contributed by atoms with E-state index in [1.54, 1.807) is 0 Å². The first kappa shape index (κ1) is 57.2. The third-order valence-corrected chi connectivity index (χ3v) is 12.3. The van der Waals surface area contributed by atoms with Gasteiger partial charge in [0.15, 0.2) is 0 Å². The molecule has 0 aliphatic rings. The first-order valence-electron chi connectivity index (χ1n) is 24.6. The fourth-order valence-electron chi connectivity index (χ4n) is 7.38. The summed E-state index contributed by atoms with van der Waals surface area (Å²) in [6, 6.07) is -1.04. The highest BCUT2D eigenvalue weighted by atomic mass is 31.2. The summed E-state index contributed by atoms with van der Waals surface area (Å²) in [7, 11) is 1.43. The number of aliphatic hydroxyl groups excluding tert-OH is 2. The molecule has 10 heteroatoms. The molecule has 0 saturated carbocycles. The maximum Gasteiger partial charge on any atom is 0.472 e. The molecular weight excluding hydrogens is 748 g/mol. The molecule has 0 spiro atoms. The standard InChI is InChI=1S/C48H97N2O7P/c1-6-8-10-12-14-16-18-20-21-22-23-24-25-26-27-28-29-31-33-35-37-39-41-47(52)49-45(44-57-58(54,55)56-43-42-50(3,4)5)48(53)46(51)40-38-36-34-32-30-19-17-15-13-11-9-7-2/h32,34,45-46,48,51,53H,6-31,33,35-44H2,1-5H3,(H-,49,52,54,55)/p+1/b34-32+. The lowest BCUT2D eigenvalue weighted by Crippen LogP contribution is -2.51. The molecule has 9 nitrogen and oxygen atoms in total. The maximum absolute atomic E-state index is 12.9. The Morgan fingerprint density at radius 1 is 0.586 bits per heavy atom. The number of phosphoric ester groups is 1. The average molecular weight is 846 g/mol. The number of likely N-dealkylation sites (N-methyl/N-ethyl adjacent to an activating group) is 1. The van der Waals surface area contributed by atoms with Crippen LogP contribution >= 0.6 is 7.82 Å². The minimum atomic E-state index is -4.42. The van der Waals surface area contributed by atoms with Crippen molar-refractivity contribution in [3.05, 3.63) is 12.2 Å². The molecule has 4 atom stereocenters. The van der Waals surface area contributed by atoms with Crippen molar-refractivity contribution in [1.82, 2.24) is 5.32 Å². The Balaban J connectivity index is 4.33. The fraction of sp³-hybridized carbons (Fsp3) is 0.938. The predicted molar refractivity (Wildman–Crippen MR) is 246 cm³/mol. The van der Waals surface area contributed by atoms with E-state index in [-0.39, 0.29) is 12.5 Å². The number of nitrogens with zero attached hydrogens (tertiary/aromatic N) is 1. The second kappa shape index (κ2) is 40.3. The highest BCUT2D eigenvalue weighted by Crippen LogP contribution is 2.43. The molecule has 0 fully saturated rings. The summed E-state index contributed by atoms with van der Waals surface area (Å²) in [5.74, 6) is -0.264. The van der Waals surface area contributed by atoms with E-state index in [4.69, 9.17) is 9.05 Å². The predicted octanol–water partition coefficient (Wildman–Crippen LogP) is 12.9. The molecule has 0 bridgehead atoms. The van der Waals surface area contributed by atoms with Gasteiger partial charge in [-0.15, -0.1) is 0 Å². The van der Waals surface area contributed by atoms with E-state index in [9.17, 15) is 24.5 Å². The number of carbonyl (C=O) groups is 1. The largest absolute Gasteiger partial charge is 0.472 e. The van der Waals surface area contributed by atoms with Gasteiger partial charge in [-0.2, -0.15) is 0 Å². The van der Waals surface area contributed by atoms with E-state index in [2.05, 4.69) is 31.3 Å². The molecule has 0 rings (SSSR count). The second-order valence-corrected chi connectivity index (χ2v) is 19.8. The van der Waals surface area contributed by atoms with Crippen LogP contribution < -0.4 is 5.32 Å². The smallest absolute Gasteiger partial charge is 0.390 e. The Kier molecular flexibility index (Phi) is 39.7. The first-order valence-corrected chi connectivity index (χ1v) is 26.1. The van der Waals surface area contributed by atoms with E-state index in [1.807, 2.05) is 21.1 Å². The molecule has 0 saturated heterocycles. The van der Waals surface area contributed by atoms with Crippen LogP contribution in [0.3, 0.4) is 0 Å². The van der Waals surface area contributed by atoms with Crippen molar-refractivity contribution in [2.45, 2.75) is 250 Å². The summed E-state index contributed by atoms with van der Waals surface area (Å²) in [5, 5.41) is 24.7. The fourth-order valence-corrected chi connectivity index (χ4v) is 8.12. The first-order chi connectivity index (χ1) is 27.9. The third-order valence-electron chi connectivity index (χ3n) is 11.4. The summed E-state index contributed by atoms with van der Waals surface area (Å²) < 4.78 is 23.5. The number of quaternary nitrogens is 1. The van der Waals surface area contributed by atoms with Crippen LogP contribution in [-0.2, 0) is 18.4 Å². The Morgan fingerprint density at radius 2 is 0.966 bits per heavy atom. The summed E-state index contributed by atoms with van der Waals surface area (Å²) in [6.07, 6.45) is 42.8. The zero-order valence-corrected chi connectivity index (χ0v) is 39.8. The molecule has 58 heavy (non-hydrogen) atoms. The van der Waals surface area contributed by atoms with E-state index in [1.165, 1.54) is 167 Å². The van der Waals surface area contributed by atoms with Gasteiger partial charge >= 0.3 is 7.82 Å². The number of hydrogen-bond acceptors (Lipinski definition) is 6. The molecule has 0 aliphatic carbocycles. The van der Waals surface area contributed by atoms with Crippen LogP contribution in [0.15, 0.2) is 12.2 Å². The molecule has 346 valence electrons. The quantitative estimate of drug-likeness (QED) is 0.0208. The Bertz CT molecular complexity index is 976. The monoisotopic (exact) mass is 846 g/mol. The maximum atomic E-state index is 12.9. The zero-order valence-electron chi connectivity index (χ0n) is 38.9. The minimum Gasteiger partial charge on any atom is -0.390 e. The lowest BCUT2D eigenvalue weighted by Gasteiger charge is -2.28. The number of nitrogens with one attached hydrogen (secondary N) is 1. The number of allylic oxidation sites excluding steroid dienone is 2. The van der Waals surface area contributed by atoms with Gasteiger partial charge in [-0.1, -0.05) is 199 Å². The van der Waals surface area contributed by atoms with E-state index in [0.717, 1.165) is 32.1 Å². The third kappa shape index (κ3) is 40.6. The second-order valence-electron chi connectivity index (χ2n) is 18.3. The van der Waals surface area contributed by atoms with Crippen molar-refractivity contribution < 1.29 is 38.0 Å². The van der Waals surface area contributed by atoms with Crippen molar-refractivity contribution in [2.75, 3.05) is 40.9 Å². The molecule has 4 N–H and O–H groups in total. The SMILES string of the molecule is CCCCCCCCC/C=C/CCCC(O)C(O)C(COP(=O)(O)OCC[N+](C)(C)C)NC(=O)CCCCCCCCCCCCCCCCCCCCCCCC. The molecule has 0 aromatic heterocycles. The lowest BCUT2D eigenvalue weighted by molar-refractivity contribution is -0.870. The number of amides is 1. The Labute approximate surface area is 359 Å². The highest BCUT2D eigenvalue weighted by molar-refractivity contribution is 7.47. The summed E-state index contributed by atoms with van der Waals surface area (Å²) >= 11 is 0. The Morgan fingerprint density at radius 3 is 1.38 bits per heavy atom. The van der Waals surface area contributed by atoms with Crippen LogP contribution in [0.25, 0.3) is 0 Å². The van der Waals surface area contributed by atoms with Crippen LogP contribution in [-0.4, -0.2) is 84.6 Å². The average Bonchev–Trinajstić information content (AvgIpc) is 3.17. The van der Waals surface area contributed by atoms with E-state index in [0.29, 0.717) is 30.3 Å². The summed E-state index contributed by atoms with van der Waals surface area (Å²) in [5.41, 5.74) is 0. The van der Waals surface area contributed by atoms with Crippen molar-refractivity contribution >= 4 is 13.7 Å². The molecular formula is C48H98N2O7P+. The molecule has 0 heterocycles. The van der Waals surface area contributed by atoms with Crippen LogP contribution in [0.5, 0.6) is 0 Å². The van der Waals surface area contributed by atoms with Crippen molar-refractivity contribution in [3.63, 3.8) is 0 Å². The number of rotatable bonds is 45. The topological polar surface area (TPSA) is 125 Å². The van der Waals surface area contributed by atoms with Gasteiger partial charge in [-0.3, -0.25) is 13.8 Å². The van der Waals surface area contributed by atoms with Crippen molar-refractivity contribution in [2.24, 2.45) is 0 Å². The number of aliphatic hydroxyl groups is 2. The minimum absolute atomic E-state index is 0.0193. The van der Waals surface area contributed by atoms with E-state index >= 15 is 0 Å². The van der Waals surface area contributed by atoms with Crippen LogP contribution in [0.4, 0.5) is 0 Å². The summed E-state index contributed by atoms with van der Waals surface area (Å²) in [4.78, 5) is 23.2. The van der Waals surface area contributed by atoms with Gasteiger partial charge in [0.05, 0.1) is 39.9 Å². The van der Waals surface area contributed by atoms with Gasteiger partial charge in [0.1, 0.15) is 19.3 Å². The number of unbranched alkanes of at least 4 members (excludes halogenated alkanes) is 29. The van der Waals surface area contributed by atoms with Crippen LogP contribution in [0.1, 0.15) is 232 Å². The molecule has 0 aromatic rings. The molecule has 1 amide bonds. The summed E-state index contributed by atoms with van der Waals surface area (Å²) in [6.45, 7) is 4.60. The Hall–Kier alpha value is -0.800. The van der Waals surface area contributed by atoms with Gasteiger partial charge in [0.25, 0.3) is 0 Å². The van der Waals surface area contributed by atoms with E-state index < -0.39 is 32.7 Å². The van der Waals surface area contributed by atoms with Crippen LogP contribution in [0, 0.1) is 0 Å². The lowest BCUT2D eigenvalue weighted by atomic mass is 10.0. The number of phosphoric acid groups is 1. The zero-order chi connectivity index (χ0) is 43.0. The molecule has 4 unspecified atom stereocenters. The molecule has 0 radical (unpaired) electrons. The van der Waals surface area contributed by atoms with Gasteiger partial charge in [0, 0.05) is 6.42 Å². The number of hydrogen-bond donors (Lipinski definition) is 4. The van der Waals surface area contributed by atoms with Gasteiger partial charge in [0.2, 0.25) is 5.91 Å². The molecule has 0 aromatic carbocycles. The van der Waals surface area contributed by atoms with Gasteiger partial charge in [-0.25, -0.2) is 4.57 Å². The normalized spacial score (nSPS) is 14.8. The van der Waals surface area contributed by atoms with Crippen LogP contribution in [0.2, 0.25) is 0 Å². The van der Waals surface area contributed by atoms with Gasteiger partial charge < -0.3 is 24.9 Å². The van der Waals surface area contributed by atoms with Crippen molar-refractivity contribution in [1.29, 1.82) is 0 Å². The van der Waals surface area contributed by atoms with Crippen molar-refractivity contribution in [3.8, 4) is 0 Å². The van der Waals surface area contributed by atoms with Gasteiger partial charge in [-0.05, 0) is 38.5 Å².